The number of nitrogens with zero attached hydrogens (tertiary/aromatic N) is 1. The average Bonchev–Trinajstić information content (AvgIpc) is 2.15. The first-order valence-corrected chi connectivity index (χ1v) is 4.38. The Morgan fingerprint density at radius 3 is 2.60 bits per heavy atom. The van der Waals surface area contributed by atoms with Gasteiger partial charge in [-0.1, -0.05) is 11.6 Å². The Hall–Kier alpha value is -1.37. The monoisotopic (exact) mass is 231 g/mol. The molecular formula is C8H10ClN3O3. The maximum atomic E-state index is 10.6. The lowest BCUT2D eigenvalue weighted by atomic mass is 10.0. The second-order valence-corrected chi connectivity index (χ2v) is 3.25. The van der Waals surface area contributed by atoms with Crippen molar-refractivity contribution in [3.05, 3.63) is 23.0 Å². The highest BCUT2D eigenvalue weighted by atomic mass is 35.5. The molecule has 0 radical (unpaired) electrons. The standard InChI is InChI=1S/C8H10ClN3O3/c9-7-4(3(10)1-2-12-7)5(13)6(14)8(11)15/h1-2,5-6,13-14H,(H2,10,12)(H2,11,15). The number of amides is 1. The van der Waals surface area contributed by atoms with Crippen molar-refractivity contribution >= 4 is 23.2 Å². The van der Waals surface area contributed by atoms with Gasteiger partial charge in [-0.05, 0) is 6.07 Å². The van der Waals surface area contributed by atoms with Crippen molar-refractivity contribution in [2.24, 2.45) is 5.73 Å². The predicted molar refractivity (Wildman–Crippen MR) is 53.8 cm³/mol. The zero-order valence-corrected chi connectivity index (χ0v) is 8.35. The Kier molecular flexibility index (Phi) is 3.46. The number of hydrogen-bond donors (Lipinski definition) is 4. The van der Waals surface area contributed by atoms with Crippen LogP contribution in [0.4, 0.5) is 5.69 Å². The van der Waals surface area contributed by atoms with Crippen LogP contribution in [0.5, 0.6) is 0 Å². The molecule has 2 atom stereocenters. The number of carbonyl (C=O) groups is 1. The van der Waals surface area contributed by atoms with Gasteiger partial charge in [-0.3, -0.25) is 4.79 Å². The molecule has 0 bridgehead atoms. The van der Waals surface area contributed by atoms with Gasteiger partial charge in [0.25, 0.3) is 0 Å². The number of primary amides is 1. The summed E-state index contributed by atoms with van der Waals surface area (Å²) in [7, 11) is 0. The molecule has 0 saturated carbocycles. The molecule has 0 aromatic carbocycles. The van der Waals surface area contributed by atoms with Crippen molar-refractivity contribution in [3.63, 3.8) is 0 Å². The van der Waals surface area contributed by atoms with E-state index in [1.54, 1.807) is 0 Å². The molecule has 15 heavy (non-hydrogen) atoms. The smallest absolute Gasteiger partial charge is 0.249 e. The van der Waals surface area contributed by atoms with E-state index in [-0.39, 0.29) is 16.4 Å². The lowest BCUT2D eigenvalue weighted by molar-refractivity contribution is -0.131. The van der Waals surface area contributed by atoms with Crippen molar-refractivity contribution < 1.29 is 15.0 Å². The highest BCUT2D eigenvalue weighted by Crippen LogP contribution is 2.28. The van der Waals surface area contributed by atoms with E-state index in [1.807, 2.05) is 0 Å². The first-order valence-electron chi connectivity index (χ1n) is 4.00. The third kappa shape index (κ3) is 2.35. The van der Waals surface area contributed by atoms with E-state index >= 15 is 0 Å². The number of hydrogen-bond acceptors (Lipinski definition) is 5. The van der Waals surface area contributed by atoms with Gasteiger partial charge >= 0.3 is 0 Å². The molecule has 1 heterocycles. The summed E-state index contributed by atoms with van der Waals surface area (Å²) in [5, 5.41) is 18.7. The van der Waals surface area contributed by atoms with Crippen molar-refractivity contribution in [3.8, 4) is 0 Å². The molecule has 0 fully saturated rings. The van der Waals surface area contributed by atoms with Crippen LogP contribution in [0.15, 0.2) is 12.3 Å². The number of nitrogen functional groups attached to an aromatic ring is 1. The number of carbonyl (C=O) groups excluding carboxylic acids is 1. The SMILES string of the molecule is NC(=O)C(O)C(O)c1c(N)ccnc1Cl. The van der Waals surface area contributed by atoms with Crippen LogP contribution < -0.4 is 11.5 Å². The van der Waals surface area contributed by atoms with E-state index in [9.17, 15) is 15.0 Å². The zero-order valence-electron chi connectivity index (χ0n) is 7.59. The minimum atomic E-state index is -1.77. The molecule has 0 aliphatic rings. The van der Waals surface area contributed by atoms with E-state index in [0.29, 0.717) is 0 Å². The van der Waals surface area contributed by atoms with Crippen LogP contribution in [-0.2, 0) is 4.79 Å². The number of aliphatic hydroxyl groups excluding tert-OH is 2. The molecule has 6 N–H and O–H groups in total. The third-order valence-electron chi connectivity index (χ3n) is 1.86. The molecule has 0 aliphatic heterocycles. The minimum Gasteiger partial charge on any atom is -0.398 e. The van der Waals surface area contributed by atoms with E-state index in [4.69, 9.17) is 23.1 Å². The summed E-state index contributed by atoms with van der Waals surface area (Å²) in [6, 6.07) is 1.39. The van der Waals surface area contributed by atoms with E-state index in [0.717, 1.165) is 0 Å². The fourth-order valence-electron chi connectivity index (χ4n) is 1.07. The minimum absolute atomic E-state index is 0.00883. The van der Waals surface area contributed by atoms with Crippen LogP contribution in [0.1, 0.15) is 11.7 Å². The van der Waals surface area contributed by atoms with Crippen molar-refractivity contribution in [2.75, 3.05) is 5.73 Å². The molecule has 2 unspecified atom stereocenters. The van der Waals surface area contributed by atoms with Gasteiger partial charge in [-0.15, -0.1) is 0 Å². The summed E-state index contributed by atoms with van der Waals surface area (Å²) in [4.78, 5) is 14.3. The Morgan fingerprint density at radius 2 is 2.13 bits per heavy atom. The van der Waals surface area contributed by atoms with Crippen LogP contribution in [0.3, 0.4) is 0 Å². The van der Waals surface area contributed by atoms with E-state index in [2.05, 4.69) is 4.98 Å². The molecule has 7 heteroatoms. The first kappa shape index (κ1) is 11.7. The molecule has 0 saturated heterocycles. The molecule has 1 rings (SSSR count). The van der Waals surface area contributed by atoms with E-state index < -0.39 is 18.1 Å². The Morgan fingerprint density at radius 1 is 1.53 bits per heavy atom. The summed E-state index contributed by atoms with van der Waals surface area (Å²) in [6.45, 7) is 0. The third-order valence-corrected chi connectivity index (χ3v) is 2.16. The van der Waals surface area contributed by atoms with Gasteiger partial charge in [0.15, 0.2) is 6.10 Å². The molecule has 1 aromatic heterocycles. The predicted octanol–water partition coefficient (Wildman–Crippen LogP) is -0.803. The van der Waals surface area contributed by atoms with Gasteiger partial charge in [0.2, 0.25) is 5.91 Å². The van der Waals surface area contributed by atoms with Crippen LogP contribution in [-0.4, -0.2) is 27.2 Å². The summed E-state index contributed by atoms with van der Waals surface area (Å²) < 4.78 is 0. The van der Waals surface area contributed by atoms with Crippen molar-refractivity contribution in [1.82, 2.24) is 4.98 Å². The summed E-state index contributed by atoms with van der Waals surface area (Å²) in [6.07, 6.45) is -2.01. The molecule has 1 amide bonds. The normalized spacial score (nSPS) is 14.6. The van der Waals surface area contributed by atoms with Gasteiger partial charge in [0.1, 0.15) is 11.3 Å². The highest BCUT2D eigenvalue weighted by Gasteiger charge is 2.27. The maximum Gasteiger partial charge on any atom is 0.249 e. The number of halogens is 1. The first-order chi connectivity index (χ1) is 6.95. The number of nitrogens with two attached hydrogens (primary N) is 2. The fraction of sp³-hybridized carbons (Fsp3) is 0.250. The molecule has 0 aliphatic carbocycles. The Bertz CT molecular complexity index is 365. The number of anilines is 1. The zero-order chi connectivity index (χ0) is 11.6. The van der Waals surface area contributed by atoms with Crippen molar-refractivity contribution in [2.45, 2.75) is 12.2 Å². The molecule has 6 nitrogen and oxygen atoms in total. The van der Waals surface area contributed by atoms with Gasteiger partial charge in [-0.25, -0.2) is 4.98 Å². The van der Waals surface area contributed by atoms with Crippen LogP contribution in [0, 0.1) is 0 Å². The lowest BCUT2D eigenvalue weighted by Crippen LogP contribution is -2.34. The van der Waals surface area contributed by atoms with E-state index in [1.165, 1.54) is 12.3 Å². The quantitative estimate of drug-likeness (QED) is 0.507. The maximum absolute atomic E-state index is 10.6. The van der Waals surface area contributed by atoms with Crippen LogP contribution in [0.25, 0.3) is 0 Å². The lowest BCUT2D eigenvalue weighted by Gasteiger charge is -2.17. The fourth-order valence-corrected chi connectivity index (χ4v) is 1.34. The van der Waals surface area contributed by atoms with Crippen LogP contribution in [0.2, 0.25) is 5.15 Å². The summed E-state index contributed by atoms with van der Waals surface area (Å²) in [5.41, 5.74) is 10.5. The Labute approximate surface area is 90.5 Å². The average molecular weight is 232 g/mol. The highest BCUT2D eigenvalue weighted by molar-refractivity contribution is 6.30. The molecule has 0 spiro atoms. The summed E-state index contributed by atoms with van der Waals surface area (Å²) in [5.74, 6) is -1.07. The summed E-state index contributed by atoms with van der Waals surface area (Å²) >= 11 is 5.66. The van der Waals surface area contributed by atoms with Gasteiger partial charge in [0.05, 0.1) is 0 Å². The van der Waals surface area contributed by atoms with Crippen molar-refractivity contribution in [1.29, 1.82) is 0 Å². The molecule has 1 aromatic rings. The van der Waals surface area contributed by atoms with Gasteiger partial charge in [0, 0.05) is 17.4 Å². The van der Waals surface area contributed by atoms with Gasteiger partial charge < -0.3 is 21.7 Å². The van der Waals surface area contributed by atoms with Gasteiger partial charge in [-0.2, -0.15) is 0 Å². The Balaban J connectivity index is 3.10. The molecular weight excluding hydrogens is 222 g/mol. The second-order valence-electron chi connectivity index (χ2n) is 2.90. The number of aromatic nitrogens is 1. The topological polar surface area (TPSA) is 122 Å². The largest absolute Gasteiger partial charge is 0.398 e. The van der Waals surface area contributed by atoms with Crippen LogP contribution >= 0.6 is 11.6 Å². The number of pyridine rings is 1. The second kappa shape index (κ2) is 4.43. The number of aliphatic hydroxyl groups is 2. The molecule has 82 valence electrons. The number of rotatable bonds is 3.